The molecular formula is C9H9F2NO3. The molecule has 0 N–H and O–H groups in total. The Kier molecular flexibility index (Phi) is 3.18. The van der Waals surface area contributed by atoms with Crippen molar-refractivity contribution in [3.63, 3.8) is 0 Å². The number of aryl methyl sites for hydroxylation is 1. The second kappa shape index (κ2) is 4.20. The SMILES string of the molecule is Cc1ccc(OC(F)F)c([N+](=O)[O-])c1C. The molecule has 1 aromatic rings. The van der Waals surface area contributed by atoms with Crippen LogP contribution in [0.4, 0.5) is 14.5 Å². The minimum Gasteiger partial charge on any atom is -0.427 e. The van der Waals surface area contributed by atoms with Crippen molar-refractivity contribution in [3.8, 4) is 5.75 Å². The number of hydrogen-bond acceptors (Lipinski definition) is 3. The van der Waals surface area contributed by atoms with E-state index < -0.39 is 23.0 Å². The number of hydrogen-bond donors (Lipinski definition) is 0. The van der Waals surface area contributed by atoms with Gasteiger partial charge in [0.1, 0.15) is 0 Å². The summed E-state index contributed by atoms with van der Waals surface area (Å²) in [6, 6.07) is 2.67. The third-order valence-electron chi connectivity index (χ3n) is 2.06. The van der Waals surface area contributed by atoms with Gasteiger partial charge >= 0.3 is 12.3 Å². The molecule has 0 aliphatic heterocycles. The minimum atomic E-state index is -3.06. The van der Waals surface area contributed by atoms with Gasteiger partial charge in [-0.05, 0) is 25.5 Å². The molecule has 15 heavy (non-hydrogen) atoms. The van der Waals surface area contributed by atoms with Crippen LogP contribution in [0.1, 0.15) is 11.1 Å². The molecule has 0 aromatic heterocycles. The Morgan fingerprint density at radius 2 is 2.00 bits per heavy atom. The third-order valence-corrected chi connectivity index (χ3v) is 2.06. The number of nitro benzene ring substituents is 1. The highest BCUT2D eigenvalue weighted by Crippen LogP contribution is 2.33. The van der Waals surface area contributed by atoms with Crippen LogP contribution < -0.4 is 4.74 Å². The molecule has 0 unspecified atom stereocenters. The molecule has 0 atom stereocenters. The van der Waals surface area contributed by atoms with Crippen LogP contribution in [-0.4, -0.2) is 11.5 Å². The molecule has 0 amide bonds. The van der Waals surface area contributed by atoms with Gasteiger partial charge in [0, 0.05) is 5.56 Å². The molecule has 0 radical (unpaired) electrons. The van der Waals surface area contributed by atoms with Crippen LogP contribution >= 0.6 is 0 Å². The third kappa shape index (κ3) is 2.39. The van der Waals surface area contributed by atoms with E-state index >= 15 is 0 Å². The van der Waals surface area contributed by atoms with Crippen LogP contribution in [0.15, 0.2) is 12.1 Å². The van der Waals surface area contributed by atoms with Crippen LogP contribution in [0.25, 0.3) is 0 Å². The molecule has 1 rings (SSSR count). The normalized spacial score (nSPS) is 10.5. The molecule has 0 aliphatic rings. The number of ether oxygens (including phenoxy) is 1. The van der Waals surface area contributed by atoms with Crippen molar-refractivity contribution in [1.82, 2.24) is 0 Å². The second-order valence-corrected chi connectivity index (χ2v) is 2.99. The van der Waals surface area contributed by atoms with Crippen molar-refractivity contribution in [2.24, 2.45) is 0 Å². The predicted molar refractivity (Wildman–Crippen MR) is 49.2 cm³/mol. The second-order valence-electron chi connectivity index (χ2n) is 2.99. The van der Waals surface area contributed by atoms with Crippen LogP contribution in [0.5, 0.6) is 5.75 Å². The Labute approximate surface area is 84.6 Å². The van der Waals surface area contributed by atoms with Gasteiger partial charge in [0.2, 0.25) is 5.75 Å². The molecule has 0 fully saturated rings. The summed E-state index contributed by atoms with van der Waals surface area (Å²) < 4.78 is 28.0. The molecule has 0 saturated heterocycles. The van der Waals surface area contributed by atoms with Crippen LogP contribution in [0, 0.1) is 24.0 Å². The summed E-state index contributed by atoms with van der Waals surface area (Å²) in [4.78, 5) is 9.93. The highest BCUT2D eigenvalue weighted by atomic mass is 19.3. The summed E-state index contributed by atoms with van der Waals surface area (Å²) in [7, 11) is 0. The van der Waals surface area contributed by atoms with Crippen LogP contribution in [-0.2, 0) is 0 Å². The Balaban J connectivity index is 3.27. The van der Waals surface area contributed by atoms with Crippen molar-refractivity contribution < 1.29 is 18.4 Å². The zero-order valence-electron chi connectivity index (χ0n) is 8.16. The first-order chi connectivity index (χ1) is 6.93. The molecule has 0 spiro atoms. The van der Waals surface area contributed by atoms with E-state index in [1.54, 1.807) is 6.92 Å². The van der Waals surface area contributed by atoms with Gasteiger partial charge in [-0.3, -0.25) is 10.1 Å². The lowest BCUT2D eigenvalue weighted by molar-refractivity contribution is -0.387. The lowest BCUT2D eigenvalue weighted by atomic mass is 10.1. The van der Waals surface area contributed by atoms with Gasteiger partial charge < -0.3 is 4.74 Å². The zero-order valence-corrected chi connectivity index (χ0v) is 8.16. The number of nitro groups is 1. The van der Waals surface area contributed by atoms with Crippen molar-refractivity contribution in [3.05, 3.63) is 33.4 Å². The van der Waals surface area contributed by atoms with Crippen molar-refractivity contribution in [2.45, 2.75) is 20.5 Å². The fourth-order valence-corrected chi connectivity index (χ4v) is 1.19. The molecule has 82 valence electrons. The standard InChI is InChI=1S/C9H9F2NO3/c1-5-3-4-7(15-9(10)11)8(6(5)2)12(13)14/h3-4,9H,1-2H3. The predicted octanol–water partition coefficient (Wildman–Crippen LogP) is 2.81. The molecule has 0 aliphatic carbocycles. The summed E-state index contributed by atoms with van der Waals surface area (Å²) in [6.45, 7) is 0.0890. The Hall–Kier alpha value is -1.72. The maximum Gasteiger partial charge on any atom is 0.387 e. The van der Waals surface area contributed by atoms with Gasteiger partial charge in [0.15, 0.2) is 0 Å². The van der Waals surface area contributed by atoms with Gasteiger partial charge in [-0.15, -0.1) is 0 Å². The van der Waals surface area contributed by atoms with E-state index in [9.17, 15) is 18.9 Å². The van der Waals surface area contributed by atoms with Crippen LogP contribution in [0.2, 0.25) is 0 Å². The number of alkyl halides is 2. The average Bonchev–Trinajstić information content (AvgIpc) is 2.10. The zero-order chi connectivity index (χ0) is 11.6. The van der Waals surface area contributed by atoms with E-state index in [1.165, 1.54) is 19.1 Å². The van der Waals surface area contributed by atoms with E-state index in [4.69, 9.17) is 0 Å². The van der Waals surface area contributed by atoms with Crippen LogP contribution in [0.3, 0.4) is 0 Å². The highest BCUT2D eigenvalue weighted by molar-refractivity contribution is 5.55. The van der Waals surface area contributed by atoms with Gasteiger partial charge in [-0.2, -0.15) is 8.78 Å². The first-order valence-electron chi connectivity index (χ1n) is 4.13. The number of rotatable bonds is 3. The van der Waals surface area contributed by atoms with Gasteiger partial charge in [-0.25, -0.2) is 0 Å². The number of benzene rings is 1. The smallest absolute Gasteiger partial charge is 0.387 e. The summed E-state index contributed by atoms with van der Waals surface area (Å²) in [5.41, 5.74) is 0.580. The Morgan fingerprint density at radius 3 is 2.47 bits per heavy atom. The summed E-state index contributed by atoms with van der Waals surface area (Å²) >= 11 is 0. The average molecular weight is 217 g/mol. The molecular weight excluding hydrogens is 208 g/mol. The first kappa shape index (κ1) is 11.4. The largest absolute Gasteiger partial charge is 0.427 e. The van der Waals surface area contributed by atoms with Crippen molar-refractivity contribution in [2.75, 3.05) is 0 Å². The van der Waals surface area contributed by atoms with E-state index in [0.717, 1.165) is 0 Å². The quantitative estimate of drug-likeness (QED) is 0.577. The molecule has 6 heteroatoms. The molecule has 0 bridgehead atoms. The monoisotopic (exact) mass is 217 g/mol. The van der Waals surface area contributed by atoms with E-state index in [-0.39, 0.29) is 0 Å². The molecule has 0 saturated carbocycles. The Bertz CT molecular complexity index is 393. The van der Waals surface area contributed by atoms with Gasteiger partial charge in [0.25, 0.3) is 0 Å². The van der Waals surface area contributed by atoms with Crippen molar-refractivity contribution >= 4 is 5.69 Å². The maximum absolute atomic E-state index is 12.0. The van der Waals surface area contributed by atoms with Crippen molar-refractivity contribution in [1.29, 1.82) is 0 Å². The highest BCUT2D eigenvalue weighted by Gasteiger charge is 2.22. The summed E-state index contributed by atoms with van der Waals surface area (Å²) in [5, 5.41) is 10.7. The number of nitrogens with zero attached hydrogens (tertiary/aromatic N) is 1. The summed E-state index contributed by atoms with van der Waals surface area (Å²) in [5.74, 6) is -0.405. The first-order valence-corrected chi connectivity index (χ1v) is 4.13. The lowest BCUT2D eigenvalue weighted by Crippen LogP contribution is -2.06. The Morgan fingerprint density at radius 1 is 1.40 bits per heavy atom. The topological polar surface area (TPSA) is 52.4 Å². The van der Waals surface area contributed by atoms with E-state index in [1.807, 2.05) is 0 Å². The maximum atomic E-state index is 12.0. The molecule has 4 nitrogen and oxygen atoms in total. The lowest BCUT2D eigenvalue weighted by Gasteiger charge is -2.08. The molecule has 0 heterocycles. The fourth-order valence-electron chi connectivity index (χ4n) is 1.19. The van der Waals surface area contributed by atoms with E-state index in [2.05, 4.69) is 4.74 Å². The van der Waals surface area contributed by atoms with E-state index in [0.29, 0.717) is 11.1 Å². The summed E-state index contributed by atoms with van der Waals surface area (Å²) in [6.07, 6.45) is 0. The number of halogens is 2. The fraction of sp³-hybridized carbons (Fsp3) is 0.333. The minimum absolute atomic E-state index is 0.332. The molecule has 1 aromatic carbocycles. The van der Waals surface area contributed by atoms with Gasteiger partial charge in [-0.1, -0.05) is 6.07 Å². The van der Waals surface area contributed by atoms with Gasteiger partial charge in [0.05, 0.1) is 4.92 Å².